The number of para-hydroxylation sites is 1. The fourth-order valence-electron chi connectivity index (χ4n) is 1.54. The molecule has 0 fully saturated rings. The first kappa shape index (κ1) is 14.0. The molecule has 1 aromatic rings. The summed E-state index contributed by atoms with van der Waals surface area (Å²) in [5.41, 5.74) is 0.513. The minimum atomic E-state index is -0.850. The van der Waals surface area contributed by atoms with Gasteiger partial charge in [-0.25, -0.2) is 0 Å². The van der Waals surface area contributed by atoms with Crippen molar-refractivity contribution in [2.24, 2.45) is 0 Å². The van der Waals surface area contributed by atoms with Gasteiger partial charge in [0.25, 0.3) is 0 Å². The zero-order chi connectivity index (χ0) is 13.5. The third kappa shape index (κ3) is 4.04. The fourth-order valence-corrected chi connectivity index (χ4v) is 1.54. The Morgan fingerprint density at radius 2 is 2.17 bits per heavy atom. The van der Waals surface area contributed by atoms with E-state index in [1.165, 1.54) is 0 Å². The molecule has 0 atom stereocenters. The van der Waals surface area contributed by atoms with Gasteiger partial charge in [-0.2, -0.15) is 0 Å². The molecule has 6 nitrogen and oxygen atoms in total. The van der Waals surface area contributed by atoms with Crippen molar-refractivity contribution in [3.05, 3.63) is 33.9 Å². The molecule has 0 aliphatic rings. The number of carboxylic acids is 1. The van der Waals surface area contributed by atoms with E-state index in [1.807, 2.05) is 0 Å². The summed E-state index contributed by atoms with van der Waals surface area (Å²) >= 11 is 0. The normalized spacial score (nSPS) is 10.1. The Morgan fingerprint density at radius 3 is 2.78 bits per heavy atom. The first-order valence-electron chi connectivity index (χ1n) is 5.61. The van der Waals surface area contributed by atoms with Gasteiger partial charge in [0, 0.05) is 12.0 Å². The maximum absolute atomic E-state index is 10.9. The molecule has 0 aliphatic carbocycles. The van der Waals surface area contributed by atoms with Gasteiger partial charge in [0.2, 0.25) is 0 Å². The lowest BCUT2D eigenvalue weighted by Crippen LogP contribution is -2.03. The van der Waals surface area contributed by atoms with Gasteiger partial charge in [-0.3, -0.25) is 14.9 Å². The Bertz CT molecular complexity index is 444. The molecule has 0 amide bonds. The van der Waals surface area contributed by atoms with Crippen LogP contribution in [0.4, 0.5) is 5.69 Å². The number of ether oxygens (including phenoxy) is 1. The summed E-state index contributed by atoms with van der Waals surface area (Å²) in [5.74, 6) is -0.619. The van der Waals surface area contributed by atoms with Gasteiger partial charge in [-0.05, 0) is 25.8 Å². The molecule has 18 heavy (non-hydrogen) atoms. The largest absolute Gasteiger partial charge is 0.487 e. The van der Waals surface area contributed by atoms with Crippen molar-refractivity contribution in [1.82, 2.24) is 0 Å². The van der Waals surface area contributed by atoms with Gasteiger partial charge in [0.1, 0.15) is 0 Å². The van der Waals surface area contributed by atoms with E-state index in [0.717, 1.165) is 0 Å². The van der Waals surface area contributed by atoms with Crippen molar-refractivity contribution in [3.63, 3.8) is 0 Å². The molecule has 1 N–H and O–H groups in total. The van der Waals surface area contributed by atoms with Gasteiger partial charge in [0.05, 0.1) is 11.5 Å². The van der Waals surface area contributed by atoms with E-state index < -0.39 is 10.9 Å². The van der Waals surface area contributed by atoms with Crippen LogP contribution in [0.25, 0.3) is 0 Å². The second-order valence-electron chi connectivity index (χ2n) is 3.88. The summed E-state index contributed by atoms with van der Waals surface area (Å²) in [6.07, 6.45) is 1.13. The number of nitro groups is 1. The van der Waals surface area contributed by atoms with Crippen LogP contribution in [0, 0.1) is 17.0 Å². The number of carboxylic acid groups (broad SMARTS) is 1. The molecule has 0 saturated carbocycles. The molecular formula is C12H15NO5. The van der Waals surface area contributed by atoms with Crippen LogP contribution in [0.3, 0.4) is 0 Å². The van der Waals surface area contributed by atoms with Crippen molar-refractivity contribution in [2.45, 2.75) is 26.2 Å². The minimum Gasteiger partial charge on any atom is -0.487 e. The summed E-state index contributed by atoms with van der Waals surface area (Å²) in [6.45, 7) is 1.92. The predicted molar refractivity (Wildman–Crippen MR) is 64.8 cm³/mol. The molecule has 0 spiro atoms. The van der Waals surface area contributed by atoms with Crippen LogP contribution in [0.5, 0.6) is 5.75 Å². The van der Waals surface area contributed by atoms with Crippen LogP contribution < -0.4 is 4.74 Å². The zero-order valence-corrected chi connectivity index (χ0v) is 10.1. The standard InChI is InChI=1S/C12H15NO5/c1-9-5-4-6-10(12(9)13(16)17)18-8-3-2-7-11(14)15/h4-6H,2-3,7-8H2,1H3,(H,14,15). The molecule has 0 aliphatic heterocycles. The van der Waals surface area contributed by atoms with E-state index >= 15 is 0 Å². The molecule has 0 radical (unpaired) electrons. The van der Waals surface area contributed by atoms with E-state index in [4.69, 9.17) is 9.84 Å². The second-order valence-corrected chi connectivity index (χ2v) is 3.88. The summed E-state index contributed by atoms with van der Waals surface area (Å²) < 4.78 is 5.33. The number of nitrogens with zero attached hydrogens (tertiary/aromatic N) is 1. The third-order valence-corrected chi connectivity index (χ3v) is 2.43. The average Bonchev–Trinajstić information content (AvgIpc) is 2.27. The van der Waals surface area contributed by atoms with Crippen LogP contribution in [0.2, 0.25) is 0 Å². The monoisotopic (exact) mass is 253 g/mol. The number of rotatable bonds is 7. The van der Waals surface area contributed by atoms with E-state index in [1.54, 1.807) is 25.1 Å². The summed E-state index contributed by atoms with van der Waals surface area (Å²) in [4.78, 5) is 20.7. The molecule has 0 unspecified atom stereocenters. The number of aliphatic carboxylic acids is 1. The highest BCUT2D eigenvalue weighted by Gasteiger charge is 2.17. The van der Waals surface area contributed by atoms with Crippen LogP contribution in [0.1, 0.15) is 24.8 Å². The molecule has 6 heteroatoms. The number of carbonyl (C=O) groups is 1. The van der Waals surface area contributed by atoms with Crippen LogP contribution in [0.15, 0.2) is 18.2 Å². The summed E-state index contributed by atoms with van der Waals surface area (Å²) in [6, 6.07) is 4.88. The number of hydrogen-bond acceptors (Lipinski definition) is 4. The number of aryl methyl sites for hydroxylation is 1. The Balaban J connectivity index is 2.54. The van der Waals surface area contributed by atoms with Crippen molar-refractivity contribution in [3.8, 4) is 5.75 Å². The van der Waals surface area contributed by atoms with Gasteiger partial charge in [-0.1, -0.05) is 12.1 Å². The smallest absolute Gasteiger partial charge is 0.313 e. The molecule has 0 saturated heterocycles. The number of hydrogen-bond donors (Lipinski definition) is 1. The molecular weight excluding hydrogens is 238 g/mol. The van der Waals surface area contributed by atoms with E-state index in [-0.39, 0.29) is 24.5 Å². The highest BCUT2D eigenvalue weighted by atomic mass is 16.6. The number of benzene rings is 1. The second kappa shape index (κ2) is 6.58. The van der Waals surface area contributed by atoms with Crippen molar-refractivity contribution in [2.75, 3.05) is 6.61 Å². The maximum Gasteiger partial charge on any atom is 0.313 e. The van der Waals surface area contributed by atoms with Crippen molar-refractivity contribution >= 4 is 11.7 Å². The first-order chi connectivity index (χ1) is 8.52. The van der Waals surface area contributed by atoms with Crippen molar-refractivity contribution in [1.29, 1.82) is 0 Å². The lowest BCUT2D eigenvalue weighted by Gasteiger charge is -2.07. The lowest BCUT2D eigenvalue weighted by atomic mass is 10.2. The van der Waals surface area contributed by atoms with Crippen LogP contribution in [-0.2, 0) is 4.79 Å². The summed E-state index contributed by atoms with van der Waals surface area (Å²) in [5, 5.41) is 19.3. The van der Waals surface area contributed by atoms with Gasteiger partial charge in [0.15, 0.2) is 5.75 Å². The minimum absolute atomic E-state index is 0.0317. The average molecular weight is 253 g/mol. The quantitative estimate of drug-likeness (QED) is 0.458. The van der Waals surface area contributed by atoms with Gasteiger partial charge in [-0.15, -0.1) is 0 Å². The van der Waals surface area contributed by atoms with Crippen molar-refractivity contribution < 1.29 is 19.6 Å². The van der Waals surface area contributed by atoms with Gasteiger partial charge < -0.3 is 9.84 Å². The zero-order valence-electron chi connectivity index (χ0n) is 10.1. The molecule has 1 aromatic carbocycles. The molecule has 1 rings (SSSR count). The molecule has 0 aromatic heterocycles. The predicted octanol–water partition coefficient (Wildman–Crippen LogP) is 2.54. The fraction of sp³-hybridized carbons (Fsp3) is 0.417. The number of unbranched alkanes of at least 4 members (excludes halogenated alkanes) is 1. The highest BCUT2D eigenvalue weighted by Crippen LogP contribution is 2.30. The maximum atomic E-state index is 10.9. The molecule has 0 bridgehead atoms. The SMILES string of the molecule is Cc1cccc(OCCCCC(=O)O)c1[N+](=O)[O-]. The Hall–Kier alpha value is -2.11. The summed E-state index contributed by atoms with van der Waals surface area (Å²) in [7, 11) is 0. The first-order valence-corrected chi connectivity index (χ1v) is 5.61. The van der Waals surface area contributed by atoms with E-state index in [0.29, 0.717) is 18.4 Å². The molecule has 98 valence electrons. The topological polar surface area (TPSA) is 89.7 Å². The Morgan fingerprint density at radius 1 is 1.44 bits per heavy atom. The third-order valence-electron chi connectivity index (χ3n) is 2.43. The lowest BCUT2D eigenvalue weighted by molar-refractivity contribution is -0.386. The number of nitro benzene ring substituents is 1. The Labute approximate surface area is 104 Å². The molecule has 0 heterocycles. The highest BCUT2D eigenvalue weighted by molar-refractivity contribution is 5.66. The van der Waals surface area contributed by atoms with E-state index in [9.17, 15) is 14.9 Å². The Kier molecular flexibility index (Phi) is 5.10. The van der Waals surface area contributed by atoms with Crippen LogP contribution >= 0.6 is 0 Å². The van der Waals surface area contributed by atoms with Gasteiger partial charge >= 0.3 is 11.7 Å². The van der Waals surface area contributed by atoms with E-state index in [2.05, 4.69) is 0 Å². The van der Waals surface area contributed by atoms with Crippen LogP contribution in [-0.4, -0.2) is 22.6 Å².